The van der Waals surface area contributed by atoms with E-state index in [2.05, 4.69) is 48.5 Å². The van der Waals surface area contributed by atoms with Crippen molar-refractivity contribution in [2.75, 3.05) is 6.61 Å². The van der Waals surface area contributed by atoms with Gasteiger partial charge in [0.15, 0.2) is 0 Å². The summed E-state index contributed by atoms with van der Waals surface area (Å²) in [6.45, 7) is 0.0324. The fourth-order valence-corrected chi connectivity index (χ4v) is 2.58. The van der Waals surface area contributed by atoms with Crippen molar-refractivity contribution < 1.29 is 5.11 Å². The Labute approximate surface area is 131 Å². The summed E-state index contributed by atoms with van der Waals surface area (Å²) in [7, 11) is 0. The number of hydrogen-bond acceptors (Lipinski definition) is 1. The van der Waals surface area contributed by atoms with E-state index in [4.69, 9.17) is 0 Å². The molecule has 3 aromatic rings. The lowest BCUT2D eigenvalue weighted by atomic mass is 9.95. The molecule has 0 bridgehead atoms. The highest BCUT2D eigenvalue weighted by Gasteiger charge is 2.05. The quantitative estimate of drug-likeness (QED) is 0.732. The van der Waals surface area contributed by atoms with Crippen molar-refractivity contribution in [3.63, 3.8) is 0 Å². The van der Waals surface area contributed by atoms with Gasteiger partial charge >= 0.3 is 0 Å². The molecule has 0 fully saturated rings. The van der Waals surface area contributed by atoms with Crippen LogP contribution in [0.4, 0.5) is 0 Å². The summed E-state index contributed by atoms with van der Waals surface area (Å²) in [5, 5.41) is 9.32. The second-order valence-electron chi connectivity index (χ2n) is 5.11. The Morgan fingerprint density at radius 3 is 1.73 bits per heavy atom. The van der Waals surface area contributed by atoms with Crippen LogP contribution in [0.2, 0.25) is 0 Å². The van der Waals surface area contributed by atoms with Crippen LogP contribution < -0.4 is 0 Å². The highest BCUT2D eigenvalue weighted by molar-refractivity contribution is 5.81. The van der Waals surface area contributed by atoms with Gasteiger partial charge in [-0.05, 0) is 27.8 Å². The normalized spacial score (nSPS) is 11.4. The average molecular weight is 286 g/mol. The first-order valence-electron chi connectivity index (χ1n) is 7.41. The Kier molecular flexibility index (Phi) is 4.47. The Balaban J connectivity index is 1.96. The van der Waals surface area contributed by atoms with Crippen LogP contribution in [0, 0.1) is 0 Å². The van der Waals surface area contributed by atoms with Gasteiger partial charge in [-0.3, -0.25) is 0 Å². The van der Waals surface area contributed by atoms with Crippen molar-refractivity contribution in [1.82, 2.24) is 0 Å². The third-order valence-corrected chi connectivity index (χ3v) is 3.68. The summed E-state index contributed by atoms with van der Waals surface area (Å²) >= 11 is 0. The molecule has 0 spiro atoms. The van der Waals surface area contributed by atoms with E-state index in [0.717, 1.165) is 16.7 Å². The van der Waals surface area contributed by atoms with E-state index >= 15 is 0 Å². The number of aliphatic hydroxyl groups excluding tert-OH is 1. The lowest BCUT2D eigenvalue weighted by Crippen LogP contribution is -1.90. The maximum absolute atomic E-state index is 9.32. The van der Waals surface area contributed by atoms with Crippen LogP contribution in [0.15, 0.2) is 91.0 Å². The van der Waals surface area contributed by atoms with Crippen LogP contribution in [0.25, 0.3) is 16.7 Å². The van der Waals surface area contributed by atoms with Gasteiger partial charge in [-0.25, -0.2) is 0 Å². The molecule has 22 heavy (non-hydrogen) atoms. The van der Waals surface area contributed by atoms with Crippen LogP contribution in [0.1, 0.15) is 11.1 Å². The highest BCUT2D eigenvalue weighted by atomic mass is 16.2. The van der Waals surface area contributed by atoms with Crippen molar-refractivity contribution >= 4 is 5.57 Å². The summed E-state index contributed by atoms with van der Waals surface area (Å²) in [5.41, 5.74) is 5.69. The molecule has 0 amide bonds. The smallest absolute Gasteiger partial charge is 0.0621 e. The van der Waals surface area contributed by atoms with E-state index < -0.39 is 0 Å². The average Bonchev–Trinajstić information content (AvgIpc) is 2.61. The molecule has 3 aromatic carbocycles. The molecule has 3 rings (SSSR count). The molecule has 1 N–H and O–H groups in total. The molecule has 0 unspecified atom stereocenters. The monoisotopic (exact) mass is 286 g/mol. The Bertz CT molecular complexity index is 741. The molecule has 1 heteroatoms. The van der Waals surface area contributed by atoms with Gasteiger partial charge in [-0.1, -0.05) is 91.0 Å². The summed E-state index contributed by atoms with van der Waals surface area (Å²) in [5.74, 6) is 0. The molecule has 0 radical (unpaired) electrons. The predicted octanol–water partition coefficient (Wildman–Crippen LogP) is 4.78. The van der Waals surface area contributed by atoms with Crippen LogP contribution in [-0.2, 0) is 0 Å². The fourth-order valence-electron chi connectivity index (χ4n) is 2.58. The predicted molar refractivity (Wildman–Crippen MR) is 92.5 cm³/mol. The SMILES string of the molecule is OCC=C(c1ccccc1)c1ccc(-c2ccccc2)cc1. The number of aliphatic hydroxyl groups is 1. The third kappa shape index (κ3) is 3.16. The van der Waals surface area contributed by atoms with Gasteiger partial charge in [0.1, 0.15) is 0 Å². The minimum Gasteiger partial charge on any atom is -0.392 e. The van der Waals surface area contributed by atoms with Gasteiger partial charge in [0.2, 0.25) is 0 Å². The molecule has 0 aliphatic carbocycles. The second-order valence-corrected chi connectivity index (χ2v) is 5.11. The van der Waals surface area contributed by atoms with Gasteiger partial charge in [0.25, 0.3) is 0 Å². The van der Waals surface area contributed by atoms with Crippen molar-refractivity contribution in [3.05, 3.63) is 102 Å². The van der Waals surface area contributed by atoms with Gasteiger partial charge in [-0.15, -0.1) is 0 Å². The van der Waals surface area contributed by atoms with E-state index in [9.17, 15) is 5.11 Å². The van der Waals surface area contributed by atoms with Crippen molar-refractivity contribution in [2.24, 2.45) is 0 Å². The molecular weight excluding hydrogens is 268 g/mol. The fraction of sp³-hybridized carbons (Fsp3) is 0.0476. The lowest BCUT2D eigenvalue weighted by molar-refractivity contribution is 0.343. The molecule has 108 valence electrons. The van der Waals surface area contributed by atoms with Crippen molar-refractivity contribution in [3.8, 4) is 11.1 Å². The number of rotatable bonds is 4. The highest BCUT2D eigenvalue weighted by Crippen LogP contribution is 2.26. The molecule has 0 atom stereocenters. The number of hydrogen-bond donors (Lipinski definition) is 1. The van der Waals surface area contributed by atoms with Gasteiger partial charge < -0.3 is 5.11 Å². The summed E-state index contributed by atoms with van der Waals surface area (Å²) in [4.78, 5) is 0. The van der Waals surface area contributed by atoms with Crippen molar-refractivity contribution in [1.29, 1.82) is 0 Å². The van der Waals surface area contributed by atoms with E-state index in [-0.39, 0.29) is 6.61 Å². The third-order valence-electron chi connectivity index (χ3n) is 3.68. The Morgan fingerprint density at radius 1 is 0.636 bits per heavy atom. The zero-order valence-corrected chi connectivity index (χ0v) is 12.3. The van der Waals surface area contributed by atoms with Crippen LogP contribution in [0.3, 0.4) is 0 Å². The van der Waals surface area contributed by atoms with Gasteiger partial charge in [0.05, 0.1) is 6.61 Å². The Morgan fingerprint density at radius 2 is 1.14 bits per heavy atom. The van der Waals surface area contributed by atoms with Crippen LogP contribution in [0.5, 0.6) is 0 Å². The lowest BCUT2D eigenvalue weighted by Gasteiger charge is -2.09. The summed E-state index contributed by atoms with van der Waals surface area (Å²) in [6, 6.07) is 28.9. The largest absolute Gasteiger partial charge is 0.392 e. The molecule has 0 saturated heterocycles. The standard InChI is InChI=1S/C21H18O/c22-16-15-21(19-9-5-2-6-10-19)20-13-11-18(12-14-20)17-7-3-1-4-8-17/h1-15,22H,16H2. The van der Waals surface area contributed by atoms with Crippen LogP contribution >= 0.6 is 0 Å². The molecule has 0 aliphatic heterocycles. The minimum atomic E-state index is 0.0324. The topological polar surface area (TPSA) is 20.2 Å². The first kappa shape index (κ1) is 14.3. The first-order chi connectivity index (χ1) is 10.9. The van der Waals surface area contributed by atoms with Crippen molar-refractivity contribution in [2.45, 2.75) is 0 Å². The molecule has 0 saturated carbocycles. The van der Waals surface area contributed by atoms with Gasteiger partial charge in [-0.2, -0.15) is 0 Å². The summed E-state index contributed by atoms with van der Waals surface area (Å²) in [6.07, 6.45) is 1.85. The van der Waals surface area contributed by atoms with E-state index in [1.54, 1.807) is 0 Å². The van der Waals surface area contributed by atoms with Crippen LogP contribution in [-0.4, -0.2) is 11.7 Å². The summed E-state index contributed by atoms with van der Waals surface area (Å²) < 4.78 is 0. The van der Waals surface area contributed by atoms with Gasteiger partial charge in [0, 0.05) is 0 Å². The zero-order valence-electron chi connectivity index (χ0n) is 12.3. The molecular formula is C21H18O. The maximum Gasteiger partial charge on any atom is 0.0621 e. The second kappa shape index (κ2) is 6.88. The molecule has 0 aliphatic rings. The minimum absolute atomic E-state index is 0.0324. The zero-order chi connectivity index (χ0) is 15.2. The first-order valence-corrected chi connectivity index (χ1v) is 7.41. The molecule has 0 aromatic heterocycles. The maximum atomic E-state index is 9.32. The molecule has 0 heterocycles. The van der Waals surface area contributed by atoms with E-state index in [1.807, 2.05) is 42.5 Å². The van der Waals surface area contributed by atoms with E-state index in [0.29, 0.717) is 0 Å². The van der Waals surface area contributed by atoms with E-state index in [1.165, 1.54) is 11.1 Å². The molecule has 1 nitrogen and oxygen atoms in total. The number of benzene rings is 3. The Hall–Kier alpha value is -2.64.